The van der Waals surface area contributed by atoms with Crippen molar-refractivity contribution >= 4 is 5.91 Å². The van der Waals surface area contributed by atoms with Crippen LogP contribution in [0.5, 0.6) is 5.75 Å². The topological polar surface area (TPSA) is 41.6 Å². The van der Waals surface area contributed by atoms with Crippen molar-refractivity contribution in [2.45, 2.75) is 25.5 Å². The van der Waals surface area contributed by atoms with E-state index in [1.54, 1.807) is 0 Å². The Bertz CT molecular complexity index is 666. The van der Waals surface area contributed by atoms with Gasteiger partial charge in [0, 0.05) is 25.2 Å². The molecule has 4 nitrogen and oxygen atoms in total. The molecule has 3 rings (SSSR count). The Labute approximate surface area is 143 Å². The van der Waals surface area contributed by atoms with Crippen LogP contribution in [-0.2, 0) is 6.61 Å². The monoisotopic (exact) mass is 324 g/mol. The number of hydrogen-bond acceptors (Lipinski definition) is 3. The summed E-state index contributed by atoms with van der Waals surface area (Å²) in [7, 11) is 1.89. The molecule has 2 aromatic rings. The summed E-state index contributed by atoms with van der Waals surface area (Å²) < 4.78 is 5.83. The van der Waals surface area contributed by atoms with Gasteiger partial charge in [-0.05, 0) is 43.1 Å². The van der Waals surface area contributed by atoms with Crippen molar-refractivity contribution in [2.75, 3.05) is 20.1 Å². The van der Waals surface area contributed by atoms with Gasteiger partial charge >= 0.3 is 0 Å². The predicted molar refractivity (Wildman–Crippen MR) is 95.2 cm³/mol. The summed E-state index contributed by atoms with van der Waals surface area (Å²) >= 11 is 0. The van der Waals surface area contributed by atoms with E-state index in [0.717, 1.165) is 37.2 Å². The molecule has 0 aliphatic carbocycles. The van der Waals surface area contributed by atoms with Crippen LogP contribution in [-0.4, -0.2) is 37.0 Å². The third kappa shape index (κ3) is 4.15. The molecule has 126 valence electrons. The van der Waals surface area contributed by atoms with Gasteiger partial charge in [0.2, 0.25) is 0 Å². The number of rotatable bonds is 5. The average molecular weight is 324 g/mol. The van der Waals surface area contributed by atoms with Crippen LogP contribution in [0.4, 0.5) is 0 Å². The molecule has 1 amide bonds. The van der Waals surface area contributed by atoms with Crippen molar-refractivity contribution < 1.29 is 9.53 Å². The van der Waals surface area contributed by atoms with Crippen LogP contribution in [0.25, 0.3) is 0 Å². The fourth-order valence-electron chi connectivity index (χ4n) is 2.99. The SMILES string of the molecule is CN(C(=O)c1cccc(OCc2ccccc2)c1)[C@@H]1CCCNC1. The van der Waals surface area contributed by atoms with Crippen molar-refractivity contribution in [3.8, 4) is 5.75 Å². The van der Waals surface area contributed by atoms with Crippen LogP contribution in [0.2, 0.25) is 0 Å². The minimum Gasteiger partial charge on any atom is -0.489 e. The zero-order valence-corrected chi connectivity index (χ0v) is 14.1. The third-order valence-corrected chi connectivity index (χ3v) is 4.47. The van der Waals surface area contributed by atoms with E-state index in [1.807, 2.05) is 66.5 Å². The van der Waals surface area contributed by atoms with Gasteiger partial charge in [-0.25, -0.2) is 0 Å². The molecule has 1 saturated heterocycles. The number of carbonyl (C=O) groups is 1. The number of nitrogens with one attached hydrogen (secondary N) is 1. The lowest BCUT2D eigenvalue weighted by atomic mass is 10.1. The summed E-state index contributed by atoms with van der Waals surface area (Å²) in [6.07, 6.45) is 2.17. The highest BCUT2D eigenvalue weighted by atomic mass is 16.5. The molecule has 0 bridgehead atoms. The molecule has 1 fully saturated rings. The van der Waals surface area contributed by atoms with Crippen molar-refractivity contribution in [2.24, 2.45) is 0 Å². The maximum absolute atomic E-state index is 12.7. The summed E-state index contributed by atoms with van der Waals surface area (Å²) in [6, 6.07) is 17.7. The van der Waals surface area contributed by atoms with E-state index in [4.69, 9.17) is 4.74 Å². The zero-order valence-electron chi connectivity index (χ0n) is 14.1. The number of likely N-dealkylation sites (N-methyl/N-ethyl adjacent to an activating group) is 1. The zero-order chi connectivity index (χ0) is 16.8. The Morgan fingerprint density at radius 3 is 2.79 bits per heavy atom. The highest BCUT2D eigenvalue weighted by Crippen LogP contribution is 2.18. The highest BCUT2D eigenvalue weighted by Gasteiger charge is 2.23. The van der Waals surface area contributed by atoms with Gasteiger partial charge in [0.1, 0.15) is 12.4 Å². The van der Waals surface area contributed by atoms with Crippen molar-refractivity contribution in [1.82, 2.24) is 10.2 Å². The largest absolute Gasteiger partial charge is 0.489 e. The van der Waals surface area contributed by atoms with Gasteiger partial charge in [-0.2, -0.15) is 0 Å². The first-order valence-electron chi connectivity index (χ1n) is 8.49. The van der Waals surface area contributed by atoms with E-state index in [2.05, 4.69) is 5.32 Å². The molecule has 1 aliphatic rings. The number of amides is 1. The maximum Gasteiger partial charge on any atom is 0.254 e. The Balaban J connectivity index is 1.64. The molecule has 1 heterocycles. The van der Waals surface area contributed by atoms with E-state index in [0.29, 0.717) is 12.2 Å². The molecule has 1 atom stereocenters. The van der Waals surface area contributed by atoms with Gasteiger partial charge in [-0.1, -0.05) is 36.4 Å². The minimum atomic E-state index is 0.0499. The number of hydrogen-bond donors (Lipinski definition) is 1. The number of nitrogens with zero attached hydrogens (tertiary/aromatic N) is 1. The molecule has 2 aromatic carbocycles. The Hall–Kier alpha value is -2.33. The molecule has 4 heteroatoms. The Morgan fingerprint density at radius 2 is 2.04 bits per heavy atom. The molecule has 0 spiro atoms. The first-order chi connectivity index (χ1) is 11.7. The van der Waals surface area contributed by atoms with E-state index in [-0.39, 0.29) is 11.9 Å². The standard InChI is InChI=1S/C20H24N2O2/c1-22(18-10-6-12-21-14-18)20(23)17-9-5-11-19(13-17)24-15-16-7-3-2-4-8-16/h2-5,7-9,11,13,18,21H,6,10,12,14-15H2,1H3/t18-/m1/s1. The van der Waals surface area contributed by atoms with Crippen LogP contribution in [0.15, 0.2) is 54.6 Å². The molecule has 0 unspecified atom stereocenters. The van der Waals surface area contributed by atoms with Gasteiger partial charge < -0.3 is 15.0 Å². The van der Waals surface area contributed by atoms with Crippen molar-refractivity contribution in [3.05, 3.63) is 65.7 Å². The molecule has 0 aromatic heterocycles. The smallest absolute Gasteiger partial charge is 0.254 e. The molecular weight excluding hydrogens is 300 g/mol. The maximum atomic E-state index is 12.7. The quantitative estimate of drug-likeness (QED) is 0.919. The molecule has 0 radical (unpaired) electrons. The normalized spacial score (nSPS) is 17.3. The highest BCUT2D eigenvalue weighted by molar-refractivity contribution is 5.94. The summed E-state index contributed by atoms with van der Waals surface area (Å²) in [5, 5.41) is 3.35. The number of benzene rings is 2. The molecule has 1 N–H and O–H groups in total. The number of piperidine rings is 1. The summed E-state index contributed by atoms with van der Waals surface area (Å²) in [5.41, 5.74) is 1.79. The summed E-state index contributed by atoms with van der Waals surface area (Å²) in [4.78, 5) is 14.6. The lowest BCUT2D eigenvalue weighted by Crippen LogP contribution is -2.46. The van der Waals surface area contributed by atoms with Crippen LogP contribution in [0, 0.1) is 0 Å². The van der Waals surface area contributed by atoms with Crippen LogP contribution < -0.4 is 10.1 Å². The molecule has 24 heavy (non-hydrogen) atoms. The summed E-state index contributed by atoms with van der Waals surface area (Å²) in [6.45, 7) is 2.41. The second-order valence-electron chi connectivity index (χ2n) is 6.22. The first-order valence-corrected chi connectivity index (χ1v) is 8.49. The Morgan fingerprint density at radius 1 is 1.21 bits per heavy atom. The van der Waals surface area contributed by atoms with E-state index in [9.17, 15) is 4.79 Å². The van der Waals surface area contributed by atoms with Crippen molar-refractivity contribution in [3.63, 3.8) is 0 Å². The van der Waals surface area contributed by atoms with Gasteiger partial charge in [-0.15, -0.1) is 0 Å². The molecule has 1 aliphatic heterocycles. The van der Waals surface area contributed by atoms with Crippen molar-refractivity contribution in [1.29, 1.82) is 0 Å². The van der Waals surface area contributed by atoms with E-state index < -0.39 is 0 Å². The van der Waals surface area contributed by atoms with E-state index >= 15 is 0 Å². The first kappa shape index (κ1) is 16.5. The van der Waals surface area contributed by atoms with Crippen LogP contribution in [0.3, 0.4) is 0 Å². The van der Waals surface area contributed by atoms with Gasteiger partial charge in [0.05, 0.1) is 0 Å². The van der Waals surface area contributed by atoms with Gasteiger partial charge in [-0.3, -0.25) is 4.79 Å². The average Bonchev–Trinajstić information content (AvgIpc) is 2.67. The molecular formula is C20H24N2O2. The second-order valence-corrected chi connectivity index (χ2v) is 6.22. The van der Waals surface area contributed by atoms with E-state index in [1.165, 1.54) is 0 Å². The van der Waals surface area contributed by atoms with Gasteiger partial charge in [0.25, 0.3) is 5.91 Å². The number of carbonyl (C=O) groups excluding carboxylic acids is 1. The third-order valence-electron chi connectivity index (χ3n) is 4.47. The lowest BCUT2D eigenvalue weighted by molar-refractivity contribution is 0.0708. The van der Waals surface area contributed by atoms with Gasteiger partial charge in [0.15, 0.2) is 0 Å². The van der Waals surface area contributed by atoms with Crippen LogP contribution >= 0.6 is 0 Å². The molecule has 0 saturated carbocycles. The lowest BCUT2D eigenvalue weighted by Gasteiger charge is -2.31. The minimum absolute atomic E-state index is 0.0499. The summed E-state index contributed by atoms with van der Waals surface area (Å²) in [5.74, 6) is 0.772. The fourth-order valence-corrected chi connectivity index (χ4v) is 2.99. The fraction of sp³-hybridized carbons (Fsp3) is 0.350. The number of ether oxygens (including phenoxy) is 1. The second kappa shape index (κ2) is 7.97. The predicted octanol–water partition coefficient (Wildman–Crippen LogP) is 3.09. The van der Waals surface area contributed by atoms with Crippen LogP contribution in [0.1, 0.15) is 28.8 Å². The Kier molecular flexibility index (Phi) is 5.49.